The number of methoxy groups -OCH3 is 1. The molecule has 3 aromatic carbocycles. The Hall–Kier alpha value is -3.78. The first-order valence-electron chi connectivity index (χ1n) is 10.2. The number of sulfonamides is 1. The highest BCUT2D eigenvalue weighted by molar-refractivity contribution is 7.92. The van der Waals surface area contributed by atoms with Gasteiger partial charge in [-0.3, -0.25) is 9.10 Å². The van der Waals surface area contributed by atoms with Crippen LogP contribution in [0.15, 0.2) is 77.2 Å². The summed E-state index contributed by atoms with van der Waals surface area (Å²) in [5.74, 6) is 1.27. The van der Waals surface area contributed by atoms with E-state index in [-0.39, 0.29) is 13.2 Å². The Labute approximate surface area is 192 Å². The zero-order valence-electron chi connectivity index (χ0n) is 18.2. The van der Waals surface area contributed by atoms with Gasteiger partial charge in [0.2, 0.25) is 10.0 Å². The molecule has 0 fully saturated rings. The molecule has 0 atom stereocenters. The lowest BCUT2D eigenvalue weighted by atomic mass is 10.1. The van der Waals surface area contributed by atoms with E-state index in [0.29, 0.717) is 29.3 Å². The van der Waals surface area contributed by atoms with Crippen LogP contribution in [0, 0.1) is 0 Å². The predicted molar refractivity (Wildman–Crippen MR) is 127 cm³/mol. The van der Waals surface area contributed by atoms with Crippen LogP contribution in [-0.4, -0.2) is 28.3 Å². The second-order valence-corrected chi connectivity index (χ2v) is 9.39. The normalized spacial score (nSPS) is 11.3. The average molecular weight is 466 g/mol. The largest absolute Gasteiger partial charge is 0.497 e. The zero-order chi connectivity index (χ0) is 23.4. The Morgan fingerprint density at radius 2 is 1.73 bits per heavy atom. The van der Waals surface area contributed by atoms with Crippen molar-refractivity contribution in [3.8, 4) is 17.1 Å². The molecule has 0 aliphatic heterocycles. The lowest BCUT2D eigenvalue weighted by Crippen LogP contribution is -2.29. The molecule has 1 heterocycles. The van der Waals surface area contributed by atoms with Crippen molar-refractivity contribution < 1.29 is 27.1 Å². The van der Waals surface area contributed by atoms with Gasteiger partial charge in [0.1, 0.15) is 23.7 Å². The molecule has 0 saturated heterocycles. The van der Waals surface area contributed by atoms with Crippen LogP contribution >= 0.6 is 0 Å². The molecule has 4 aromatic rings. The molecule has 0 saturated carbocycles. The molecule has 4 rings (SSSR count). The number of furan rings is 1. The van der Waals surface area contributed by atoms with E-state index in [0.717, 1.165) is 22.1 Å². The summed E-state index contributed by atoms with van der Waals surface area (Å²) in [5.41, 5.74) is 3.33. The van der Waals surface area contributed by atoms with E-state index in [1.54, 1.807) is 37.4 Å². The molecule has 8 heteroatoms. The molecule has 0 N–H and O–H groups in total. The second kappa shape index (κ2) is 9.38. The third-order valence-corrected chi connectivity index (χ3v) is 6.42. The van der Waals surface area contributed by atoms with Gasteiger partial charge >= 0.3 is 0 Å². The molecule has 0 amide bonds. The Bertz CT molecular complexity index is 1360. The molecule has 0 aliphatic rings. The summed E-state index contributed by atoms with van der Waals surface area (Å²) in [6.07, 6.45) is 1.17. The van der Waals surface area contributed by atoms with Crippen LogP contribution in [0.5, 0.6) is 5.75 Å². The van der Waals surface area contributed by atoms with Crippen LogP contribution in [0.3, 0.4) is 0 Å². The van der Waals surface area contributed by atoms with Gasteiger partial charge < -0.3 is 13.9 Å². The van der Waals surface area contributed by atoms with Crippen molar-refractivity contribution in [2.75, 3.05) is 17.7 Å². The summed E-state index contributed by atoms with van der Waals surface area (Å²) in [4.78, 5) is 10.8. The lowest BCUT2D eigenvalue weighted by molar-refractivity contribution is -0.129. The molecule has 170 valence electrons. The minimum Gasteiger partial charge on any atom is -0.497 e. The van der Waals surface area contributed by atoms with Crippen LogP contribution < -0.4 is 9.04 Å². The van der Waals surface area contributed by atoms with E-state index >= 15 is 0 Å². The Morgan fingerprint density at radius 3 is 2.36 bits per heavy atom. The quantitative estimate of drug-likeness (QED) is 0.332. The minimum absolute atomic E-state index is 0.0434. The van der Waals surface area contributed by atoms with Crippen LogP contribution in [0.2, 0.25) is 0 Å². The number of fused-ring (bicyclic) bond motifs is 1. The highest BCUT2D eigenvalue weighted by atomic mass is 32.2. The van der Waals surface area contributed by atoms with Gasteiger partial charge in [-0.05, 0) is 29.8 Å². The fourth-order valence-electron chi connectivity index (χ4n) is 3.67. The third kappa shape index (κ3) is 4.85. The summed E-state index contributed by atoms with van der Waals surface area (Å²) in [6.45, 7) is 0.589. The van der Waals surface area contributed by atoms with Crippen molar-refractivity contribution in [1.82, 2.24) is 0 Å². The summed E-state index contributed by atoms with van der Waals surface area (Å²) in [6, 6.07) is 21.9. The van der Waals surface area contributed by atoms with Gasteiger partial charge in [0.15, 0.2) is 0 Å². The average Bonchev–Trinajstić information content (AvgIpc) is 3.19. The van der Waals surface area contributed by atoms with Crippen molar-refractivity contribution in [3.63, 3.8) is 0 Å². The van der Waals surface area contributed by atoms with Crippen molar-refractivity contribution in [1.29, 1.82) is 0 Å². The maximum absolute atomic E-state index is 12.6. The second-order valence-electron chi connectivity index (χ2n) is 7.48. The molecule has 0 aliphatic carbocycles. The van der Waals surface area contributed by atoms with Gasteiger partial charge in [0.25, 0.3) is 6.47 Å². The van der Waals surface area contributed by atoms with Gasteiger partial charge in [-0.25, -0.2) is 8.42 Å². The zero-order valence-corrected chi connectivity index (χ0v) is 19.0. The third-order valence-electron chi connectivity index (χ3n) is 5.28. The molecular weight excluding hydrogens is 442 g/mol. The number of benzene rings is 3. The summed E-state index contributed by atoms with van der Waals surface area (Å²) < 4.78 is 42.9. The first-order chi connectivity index (χ1) is 15.9. The van der Waals surface area contributed by atoms with E-state index in [9.17, 15) is 13.2 Å². The molecule has 0 spiro atoms. The van der Waals surface area contributed by atoms with Crippen molar-refractivity contribution >= 4 is 33.2 Å². The summed E-state index contributed by atoms with van der Waals surface area (Å²) in [7, 11) is -2.00. The first kappa shape index (κ1) is 22.4. The SMILES string of the molecule is COc1ccc(CN(c2ccc3c(COC=O)c(-c4ccccc4)oc3c2)S(C)(=O)=O)cc1. The van der Waals surface area contributed by atoms with Crippen LogP contribution in [-0.2, 0) is 32.7 Å². The first-order valence-corrected chi connectivity index (χ1v) is 12.0. The lowest BCUT2D eigenvalue weighted by Gasteiger charge is -2.22. The van der Waals surface area contributed by atoms with E-state index in [4.69, 9.17) is 13.9 Å². The molecular formula is C25H23NO6S. The van der Waals surface area contributed by atoms with Crippen LogP contribution in [0.1, 0.15) is 11.1 Å². The smallest absolute Gasteiger partial charge is 0.293 e. The highest BCUT2D eigenvalue weighted by Gasteiger charge is 2.22. The summed E-state index contributed by atoms with van der Waals surface area (Å²) in [5, 5.41) is 0.748. The van der Waals surface area contributed by atoms with Gasteiger partial charge in [0, 0.05) is 22.6 Å². The molecule has 0 bridgehead atoms. The highest BCUT2D eigenvalue weighted by Crippen LogP contribution is 2.36. The minimum atomic E-state index is -3.58. The number of rotatable bonds is 9. The van der Waals surface area contributed by atoms with Gasteiger partial charge in [-0.2, -0.15) is 0 Å². The number of anilines is 1. The topological polar surface area (TPSA) is 86.1 Å². The number of hydrogen-bond donors (Lipinski definition) is 0. The fraction of sp³-hybridized carbons (Fsp3) is 0.160. The van der Waals surface area contributed by atoms with E-state index < -0.39 is 10.0 Å². The Morgan fingerprint density at radius 1 is 1.00 bits per heavy atom. The number of carbonyl (C=O) groups is 1. The Balaban J connectivity index is 1.77. The molecule has 0 unspecified atom stereocenters. The molecule has 33 heavy (non-hydrogen) atoms. The monoisotopic (exact) mass is 465 g/mol. The fourth-order valence-corrected chi connectivity index (χ4v) is 4.55. The van der Waals surface area contributed by atoms with Crippen LogP contribution in [0.4, 0.5) is 5.69 Å². The van der Waals surface area contributed by atoms with Crippen LogP contribution in [0.25, 0.3) is 22.3 Å². The maximum atomic E-state index is 12.6. The van der Waals surface area contributed by atoms with Gasteiger partial charge in [-0.1, -0.05) is 42.5 Å². The predicted octanol–water partition coefficient (Wildman–Crippen LogP) is 4.75. The van der Waals surface area contributed by atoms with Gasteiger partial charge in [0.05, 0.1) is 25.6 Å². The summed E-state index contributed by atoms with van der Waals surface area (Å²) >= 11 is 0. The molecule has 7 nitrogen and oxygen atoms in total. The molecule has 0 radical (unpaired) electrons. The van der Waals surface area contributed by atoms with Crippen molar-refractivity contribution in [2.24, 2.45) is 0 Å². The van der Waals surface area contributed by atoms with E-state index in [1.807, 2.05) is 42.5 Å². The standard InChI is InChI=1S/C25H23NO6S/c1-30-21-11-8-18(9-12-21)15-26(33(2,28)29)20-10-13-22-23(16-31-17-27)25(32-24(22)14-20)19-6-4-3-5-7-19/h3-14,17H,15-16H2,1-2H3. The van der Waals surface area contributed by atoms with E-state index in [1.165, 1.54) is 10.6 Å². The number of nitrogens with zero attached hydrogens (tertiary/aromatic N) is 1. The van der Waals surface area contributed by atoms with Gasteiger partial charge in [-0.15, -0.1) is 0 Å². The number of ether oxygens (including phenoxy) is 2. The number of carbonyl (C=O) groups excluding carboxylic acids is 1. The van der Waals surface area contributed by atoms with Crippen molar-refractivity contribution in [3.05, 3.63) is 83.9 Å². The van der Waals surface area contributed by atoms with Crippen molar-refractivity contribution in [2.45, 2.75) is 13.2 Å². The molecule has 1 aromatic heterocycles. The maximum Gasteiger partial charge on any atom is 0.293 e. The number of hydrogen-bond acceptors (Lipinski definition) is 6. The Kier molecular flexibility index (Phi) is 6.37. The van der Waals surface area contributed by atoms with E-state index in [2.05, 4.69) is 0 Å².